The molecule has 0 spiro atoms. The maximum Gasteiger partial charge on any atom is 0.294 e. The number of thioether (sulfide) groups is 1. The first-order valence-corrected chi connectivity index (χ1v) is 10.3. The predicted octanol–water partition coefficient (Wildman–Crippen LogP) is 3.24. The molecule has 2 fully saturated rings. The summed E-state index contributed by atoms with van der Waals surface area (Å²) in [5.41, 5.74) is 2.05. The third kappa shape index (κ3) is 4.91. The van der Waals surface area contributed by atoms with Crippen molar-refractivity contribution in [3.63, 3.8) is 0 Å². The van der Waals surface area contributed by atoms with Crippen LogP contribution in [0.2, 0.25) is 0 Å². The third-order valence-electron chi connectivity index (χ3n) is 4.69. The van der Waals surface area contributed by atoms with E-state index in [1.165, 1.54) is 18.5 Å². The van der Waals surface area contributed by atoms with Crippen molar-refractivity contribution in [2.45, 2.75) is 32.6 Å². The number of hydrogen-bond donors (Lipinski definition) is 1. The Bertz CT molecular complexity index is 739. The summed E-state index contributed by atoms with van der Waals surface area (Å²) in [6, 6.07) is 8.00. The van der Waals surface area contributed by atoms with Gasteiger partial charge < -0.3 is 10.2 Å². The van der Waals surface area contributed by atoms with Crippen LogP contribution >= 0.6 is 11.8 Å². The van der Waals surface area contributed by atoms with Gasteiger partial charge in [-0.1, -0.05) is 25.5 Å². The summed E-state index contributed by atoms with van der Waals surface area (Å²) in [4.78, 5) is 40.2. The van der Waals surface area contributed by atoms with Crippen LogP contribution in [0.4, 0.5) is 10.5 Å². The van der Waals surface area contributed by atoms with E-state index in [1.54, 1.807) is 6.08 Å². The smallest absolute Gasteiger partial charge is 0.294 e. The van der Waals surface area contributed by atoms with Gasteiger partial charge in [-0.05, 0) is 54.8 Å². The van der Waals surface area contributed by atoms with Crippen LogP contribution in [0.3, 0.4) is 0 Å². The van der Waals surface area contributed by atoms with Crippen molar-refractivity contribution < 1.29 is 14.4 Å². The molecule has 1 aromatic rings. The van der Waals surface area contributed by atoms with Crippen LogP contribution in [0.15, 0.2) is 29.2 Å². The first-order valence-electron chi connectivity index (χ1n) is 9.45. The number of amides is 3. The van der Waals surface area contributed by atoms with Crippen molar-refractivity contribution in [2.75, 3.05) is 31.1 Å². The van der Waals surface area contributed by atoms with E-state index in [-0.39, 0.29) is 12.5 Å². The summed E-state index contributed by atoms with van der Waals surface area (Å²) < 4.78 is 0. The molecular weight excluding hydrogens is 362 g/mol. The zero-order valence-corrected chi connectivity index (χ0v) is 16.4. The molecule has 3 rings (SSSR count). The van der Waals surface area contributed by atoms with Crippen LogP contribution in [0.25, 0.3) is 6.08 Å². The molecule has 1 N–H and O–H groups in total. The minimum Gasteiger partial charge on any atom is -0.372 e. The Balaban J connectivity index is 1.62. The van der Waals surface area contributed by atoms with E-state index in [1.807, 2.05) is 31.2 Å². The minimum absolute atomic E-state index is 0.223. The topological polar surface area (TPSA) is 69.7 Å². The number of nitrogens with one attached hydrogen (secondary N) is 1. The molecule has 0 saturated carbocycles. The van der Waals surface area contributed by atoms with Gasteiger partial charge in [0.1, 0.15) is 6.54 Å². The third-order valence-corrected chi connectivity index (χ3v) is 5.60. The van der Waals surface area contributed by atoms with Gasteiger partial charge in [0.15, 0.2) is 0 Å². The lowest BCUT2D eigenvalue weighted by Gasteiger charge is -2.17. The molecule has 6 nitrogen and oxygen atoms in total. The van der Waals surface area contributed by atoms with Crippen molar-refractivity contribution >= 4 is 40.6 Å². The molecule has 3 amide bonds. The highest BCUT2D eigenvalue weighted by atomic mass is 32.2. The second-order valence-electron chi connectivity index (χ2n) is 6.76. The van der Waals surface area contributed by atoms with Crippen LogP contribution in [0, 0.1) is 0 Å². The Hall–Kier alpha value is -2.28. The molecule has 7 heteroatoms. The second kappa shape index (κ2) is 9.08. The average molecular weight is 388 g/mol. The summed E-state index contributed by atoms with van der Waals surface area (Å²) >= 11 is 0.885. The van der Waals surface area contributed by atoms with Crippen molar-refractivity contribution in [2.24, 2.45) is 0 Å². The Morgan fingerprint density at radius 2 is 1.89 bits per heavy atom. The first-order chi connectivity index (χ1) is 13.1. The fourth-order valence-corrected chi connectivity index (χ4v) is 3.99. The van der Waals surface area contributed by atoms with E-state index < -0.39 is 11.1 Å². The van der Waals surface area contributed by atoms with Crippen LogP contribution in [0.1, 0.15) is 38.2 Å². The minimum atomic E-state index is -0.403. The molecule has 0 aliphatic carbocycles. The van der Waals surface area contributed by atoms with Gasteiger partial charge in [0.25, 0.3) is 11.1 Å². The quantitative estimate of drug-likeness (QED) is 0.575. The number of hydrogen-bond acceptors (Lipinski definition) is 5. The molecule has 27 heavy (non-hydrogen) atoms. The lowest BCUT2D eigenvalue weighted by Crippen LogP contribution is -2.39. The predicted molar refractivity (Wildman–Crippen MR) is 108 cm³/mol. The van der Waals surface area contributed by atoms with Crippen molar-refractivity contribution in [1.82, 2.24) is 10.2 Å². The van der Waals surface area contributed by atoms with Gasteiger partial charge in [0, 0.05) is 25.3 Å². The summed E-state index contributed by atoms with van der Waals surface area (Å²) in [5, 5.41) is 2.33. The molecule has 2 saturated heterocycles. The lowest BCUT2D eigenvalue weighted by atomic mass is 10.2. The zero-order valence-electron chi connectivity index (χ0n) is 15.6. The average Bonchev–Trinajstić information content (AvgIpc) is 3.28. The number of carbonyl (C=O) groups is 3. The molecule has 144 valence electrons. The molecule has 2 heterocycles. The van der Waals surface area contributed by atoms with E-state index in [0.717, 1.165) is 48.2 Å². The number of unbranched alkanes of at least 4 members (excludes halogenated alkanes) is 1. The molecule has 0 aromatic heterocycles. The molecule has 0 atom stereocenters. The van der Waals surface area contributed by atoms with Gasteiger partial charge in [0.2, 0.25) is 5.91 Å². The number of carbonyl (C=O) groups excluding carboxylic acids is 3. The molecule has 0 unspecified atom stereocenters. The van der Waals surface area contributed by atoms with Gasteiger partial charge in [-0.3, -0.25) is 19.3 Å². The van der Waals surface area contributed by atoms with Crippen LogP contribution in [0.5, 0.6) is 0 Å². The number of nitrogens with zero attached hydrogens (tertiary/aromatic N) is 2. The molecule has 1 aromatic carbocycles. The van der Waals surface area contributed by atoms with E-state index in [9.17, 15) is 14.4 Å². The van der Waals surface area contributed by atoms with E-state index in [4.69, 9.17) is 0 Å². The van der Waals surface area contributed by atoms with Crippen LogP contribution < -0.4 is 10.2 Å². The lowest BCUT2D eigenvalue weighted by molar-refractivity contribution is -0.129. The fraction of sp³-hybridized carbons (Fsp3) is 0.450. The van der Waals surface area contributed by atoms with Gasteiger partial charge in [-0.25, -0.2) is 0 Å². The summed E-state index contributed by atoms with van der Waals surface area (Å²) in [5.74, 6) is -0.707. The van der Waals surface area contributed by atoms with E-state index in [2.05, 4.69) is 10.2 Å². The fourth-order valence-electron chi connectivity index (χ4n) is 3.15. The monoisotopic (exact) mass is 387 g/mol. The number of imide groups is 1. The Morgan fingerprint density at radius 3 is 2.56 bits per heavy atom. The summed E-state index contributed by atoms with van der Waals surface area (Å²) in [7, 11) is 0. The molecule has 2 aliphatic rings. The van der Waals surface area contributed by atoms with E-state index in [0.29, 0.717) is 11.4 Å². The highest BCUT2D eigenvalue weighted by Gasteiger charge is 2.36. The standard InChI is InChI=1S/C20H25N3O3S/c1-2-3-10-21-18(24)14-23-19(25)17(27-20(23)26)13-15-6-8-16(9-7-15)22-11-4-5-12-22/h6-9,13H,2-5,10-12,14H2,1H3,(H,21,24)/b17-13-. The van der Waals surface area contributed by atoms with Gasteiger partial charge in [-0.15, -0.1) is 0 Å². The zero-order chi connectivity index (χ0) is 19.2. The summed E-state index contributed by atoms with van der Waals surface area (Å²) in [6.45, 7) is 4.53. The number of rotatable bonds is 7. The normalized spacial score (nSPS) is 18.6. The molecule has 2 aliphatic heterocycles. The van der Waals surface area contributed by atoms with Gasteiger partial charge in [0.05, 0.1) is 4.91 Å². The van der Waals surface area contributed by atoms with Crippen LogP contribution in [-0.4, -0.2) is 48.1 Å². The van der Waals surface area contributed by atoms with Crippen molar-refractivity contribution in [3.8, 4) is 0 Å². The number of anilines is 1. The van der Waals surface area contributed by atoms with Crippen LogP contribution in [-0.2, 0) is 9.59 Å². The Labute approximate surface area is 164 Å². The van der Waals surface area contributed by atoms with Crippen molar-refractivity contribution in [3.05, 3.63) is 34.7 Å². The second-order valence-corrected chi connectivity index (χ2v) is 7.75. The maximum absolute atomic E-state index is 12.5. The maximum atomic E-state index is 12.5. The highest BCUT2D eigenvalue weighted by molar-refractivity contribution is 8.18. The van der Waals surface area contributed by atoms with Crippen molar-refractivity contribution in [1.29, 1.82) is 0 Å². The Kier molecular flexibility index (Phi) is 6.55. The Morgan fingerprint density at radius 1 is 1.19 bits per heavy atom. The SMILES string of the molecule is CCCCNC(=O)CN1C(=O)S/C(=C\c2ccc(N3CCCC3)cc2)C1=O. The highest BCUT2D eigenvalue weighted by Crippen LogP contribution is 2.32. The summed E-state index contributed by atoms with van der Waals surface area (Å²) in [6.07, 6.45) is 6.01. The molecule has 0 bridgehead atoms. The first kappa shape index (κ1) is 19.5. The molecular formula is C20H25N3O3S. The molecule has 0 radical (unpaired) electrons. The number of benzene rings is 1. The van der Waals surface area contributed by atoms with Gasteiger partial charge in [-0.2, -0.15) is 0 Å². The van der Waals surface area contributed by atoms with Gasteiger partial charge >= 0.3 is 0 Å². The van der Waals surface area contributed by atoms with E-state index >= 15 is 0 Å². The largest absolute Gasteiger partial charge is 0.372 e.